The molecule has 1 fully saturated rings. The third kappa shape index (κ3) is 4.01. The van der Waals surface area contributed by atoms with Gasteiger partial charge < -0.3 is 10.2 Å². The lowest BCUT2D eigenvalue weighted by Gasteiger charge is -2.16. The molecule has 2 atom stereocenters. The molecule has 8 heteroatoms. The molecule has 1 N–H and O–H groups in total. The molecule has 0 spiro atoms. The van der Waals surface area contributed by atoms with E-state index in [0.717, 1.165) is 25.9 Å². The molecule has 1 aromatic rings. The monoisotopic (exact) mass is 303 g/mol. The Labute approximate surface area is 120 Å². The Kier molecular flexibility index (Phi) is 4.93. The minimum atomic E-state index is -0.874. The highest BCUT2D eigenvalue weighted by Crippen LogP contribution is 2.18. The molecule has 106 valence electrons. The van der Waals surface area contributed by atoms with Crippen LogP contribution in [0.4, 0.5) is 11.9 Å². The largest absolute Gasteiger partial charge is 0.353 e. The number of hydrogen-bond acceptors (Lipinski definition) is 6. The van der Waals surface area contributed by atoms with Crippen LogP contribution in [-0.4, -0.2) is 50.3 Å². The predicted molar refractivity (Wildman–Crippen MR) is 78.3 cm³/mol. The Morgan fingerprint density at radius 3 is 2.68 bits per heavy atom. The molecule has 0 aliphatic carbocycles. The summed E-state index contributed by atoms with van der Waals surface area (Å²) in [6, 6.07) is 0. The van der Waals surface area contributed by atoms with Gasteiger partial charge in [-0.2, -0.15) is 15.0 Å². The second-order valence-corrected chi connectivity index (χ2v) is 6.75. The van der Waals surface area contributed by atoms with E-state index in [1.807, 2.05) is 6.92 Å². The average Bonchev–Trinajstić information content (AvgIpc) is 2.89. The lowest BCUT2D eigenvalue weighted by molar-refractivity contribution is 0.678. The Bertz CT molecular complexity index is 466. The molecule has 1 saturated heterocycles. The number of anilines is 2. The summed E-state index contributed by atoms with van der Waals surface area (Å²) in [5, 5.41) is 3.28. The summed E-state index contributed by atoms with van der Waals surface area (Å²) in [5.74, 6) is 1.06. The Morgan fingerprint density at radius 2 is 2.05 bits per heavy atom. The fraction of sp³-hybridized carbons (Fsp3) is 0.727. The number of aromatic nitrogens is 3. The van der Waals surface area contributed by atoms with E-state index < -0.39 is 10.8 Å². The Balaban J connectivity index is 2.06. The van der Waals surface area contributed by atoms with Crippen LogP contribution >= 0.6 is 11.6 Å². The lowest BCUT2D eigenvalue weighted by atomic mass is 10.4. The third-order valence-electron chi connectivity index (χ3n) is 3.10. The molecule has 1 aliphatic rings. The van der Waals surface area contributed by atoms with E-state index in [1.165, 1.54) is 0 Å². The van der Waals surface area contributed by atoms with Crippen LogP contribution in [0.3, 0.4) is 0 Å². The molecule has 2 unspecified atom stereocenters. The van der Waals surface area contributed by atoms with E-state index in [1.54, 1.807) is 6.26 Å². The van der Waals surface area contributed by atoms with Crippen LogP contribution < -0.4 is 10.2 Å². The summed E-state index contributed by atoms with van der Waals surface area (Å²) >= 11 is 5.92. The van der Waals surface area contributed by atoms with Gasteiger partial charge in [-0.05, 0) is 31.4 Å². The van der Waals surface area contributed by atoms with Crippen molar-refractivity contribution >= 4 is 34.3 Å². The van der Waals surface area contributed by atoms with Gasteiger partial charge in [0, 0.05) is 41.9 Å². The molecule has 2 heterocycles. The van der Waals surface area contributed by atoms with Crippen molar-refractivity contribution in [3.63, 3.8) is 0 Å². The maximum Gasteiger partial charge on any atom is 0.231 e. The van der Waals surface area contributed by atoms with E-state index in [4.69, 9.17) is 11.6 Å². The summed E-state index contributed by atoms with van der Waals surface area (Å²) < 4.78 is 11.3. The maximum absolute atomic E-state index is 11.3. The van der Waals surface area contributed by atoms with Gasteiger partial charge in [0.2, 0.25) is 17.2 Å². The van der Waals surface area contributed by atoms with Gasteiger partial charge in [-0.1, -0.05) is 0 Å². The van der Waals surface area contributed by atoms with E-state index in [2.05, 4.69) is 25.2 Å². The molecule has 1 aromatic heterocycles. The summed E-state index contributed by atoms with van der Waals surface area (Å²) in [6.07, 6.45) is 3.98. The highest BCUT2D eigenvalue weighted by molar-refractivity contribution is 7.84. The number of nitrogens with one attached hydrogen (secondary N) is 1. The highest BCUT2D eigenvalue weighted by atomic mass is 35.5. The van der Waals surface area contributed by atoms with Crippen molar-refractivity contribution in [1.82, 2.24) is 15.0 Å². The fourth-order valence-corrected chi connectivity index (χ4v) is 2.30. The van der Waals surface area contributed by atoms with Crippen LogP contribution in [0.1, 0.15) is 19.8 Å². The second-order valence-electron chi connectivity index (χ2n) is 4.61. The zero-order chi connectivity index (χ0) is 13.8. The van der Waals surface area contributed by atoms with Crippen molar-refractivity contribution in [2.75, 3.05) is 36.1 Å². The van der Waals surface area contributed by atoms with Crippen molar-refractivity contribution in [2.24, 2.45) is 0 Å². The SMILES string of the molecule is CC(CNc1nc(Cl)nc(N2CCCC2)n1)S(C)=O. The molecule has 1 aliphatic heterocycles. The van der Waals surface area contributed by atoms with Crippen molar-refractivity contribution in [3.8, 4) is 0 Å². The smallest absolute Gasteiger partial charge is 0.231 e. The quantitative estimate of drug-likeness (QED) is 0.884. The molecule has 0 radical (unpaired) electrons. The van der Waals surface area contributed by atoms with Crippen molar-refractivity contribution in [2.45, 2.75) is 25.0 Å². The number of rotatable bonds is 5. The van der Waals surface area contributed by atoms with Crippen LogP contribution in [0.5, 0.6) is 0 Å². The van der Waals surface area contributed by atoms with Crippen LogP contribution in [-0.2, 0) is 10.8 Å². The third-order valence-corrected chi connectivity index (χ3v) is 4.57. The summed E-state index contributed by atoms with van der Waals surface area (Å²) in [7, 11) is -0.874. The van der Waals surface area contributed by atoms with Gasteiger partial charge in [-0.15, -0.1) is 0 Å². The van der Waals surface area contributed by atoms with Gasteiger partial charge in [0.25, 0.3) is 0 Å². The van der Waals surface area contributed by atoms with E-state index >= 15 is 0 Å². The first-order valence-corrected chi connectivity index (χ1v) is 8.29. The summed E-state index contributed by atoms with van der Waals surface area (Å²) in [6.45, 7) is 4.36. The highest BCUT2D eigenvalue weighted by Gasteiger charge is 2.17. The summed E-state index contributed by atoms with van der Waals surface area (Å²) in [4.78, 5) is 14.6. The van der Waals surface area contributed by atoms with Crippen LogP contribution in [0.15, 0.2) is 0 Å². The van der Waals surface area contributed by atoms with E-state index in [9.17, 15) is 4.21 Å². The normalized spacial score (nSPS) is 18.4. The summed E-state index contributed by atoms with van der Waals surface area (Å²) in [5.41, 5.74) is 0. The van der Waals surface area contributed by atoms with Crippen LogP contribution in [0, 0.1) is 0 Å². The van der Waals surface area contributed by atoms with Gasteiger partial charge in [0.15, 0.2) is 0 Å². The zero-order valence-corrected chi connectivity index (χ0v) is 12.7. The van der Waals surface area contributed by atoms with Crippen molar-refractivity contribution < 1.29 is 4.21 Å². The molecule has 19 heavy (non-hydrogen) atoms. The van der Waals surface area contributed by atoms with Gasteiger partial charge in [-0.3, -0.25) is 4.21 Å². The second kappa shape index (κ2) is 6.47. The predicted octanol–water partition coefficient (Wildman–Crippen LogP) is 1.30. The van der Waals surface area contributed by atoms with Gasteiger partial charge in [-0.25, -0.2) is 0 Å². The Hall–Kier alpha value is -0.950. The molecule has 0 aromatic carbocycles. The minimum absolute atomic E-state index is 0.0331. The average molecular weight is 304 g/mol. The molecular formula is C11H18ClN5OS. The van der Waals surface area contributed by atoms with Crippen LogP contribution in [0.2, 0.25) is 5.28 Å². The molecular weight excluding hydrogens is 286 g/mol. The van der Waals surface area contributed by atoms with Gasteiger partial charge in [0.1, 0.15) is 0 Å². The fourth-order valence-electron chi connectivity index (χ4n) is 1.83. The molecule has 0 bridgehead atoms. The lowest BCUT2D eigenvalue weighted by Crippen LogP contribution is -2.24. The molecule has 6 nitrogen and oxygen atoms in total. The zero-order valence-electron chi connectivity index (χ0n) is 11.1. The topological polar surface area (TPSA) is 71.0 Å². The first kappa shape index (κ1) is 14.5. The molecule has 2 rings (SSSR count). The van der Waals surface area contributed by atoms with Crippen molar-refractivity contribution in [1.29, 1.82) is 0 Å². The standard InChI is InChI=1S/C11H18ClN5OS/c1-8(19(2)18)7-13-10-14-9(12)15-11(16-10)17-5-3-4-6-17/h8H,3-7H2,1-2H3,(H,13,14,15,16). The minimum Gasteiger partial charge on any atom is -0.353 e. The van der Waals surface area contributed by atoms with Gasteiger partial charge >= 0.3 is 0 Å². The first-order chi connectivity index (χ1) is 9.06. The van der Waals surface area contributed by atoms with E-state index in [0.29, 0.717) is 18.4 Å². The molecule has 0 amide bonds. The number of nitrogens with zero attached hydrogens (tertiary/aromatic N) is 4. The van der Waals surface area contributed by atoms with Crippen LogP contribution in [0.25, 0.3) is 0 Å². The molecule has 0 saturated carbocycles. The number of halogens is 1. The van der Waals surface area contributed by atoms with Gasteiger partial charge in [0.05, 0.1) is 0 Å². The Morgan fingerprint density at radius 1 is 1.37 bits per heavy atom. The van der Waals surface area contributed by atoms with Crippen molar-refractivity contribution in [3.05, 3.63) is 5.28 Å². The maximum atomic E-state index is 11.3. The first-order valence-electron chi connectivity index (χ1n) is 6.29. The number of hydrogen-bond donors (Lipinski definition) is 1. The van der Waals surface area contributed by atoms with E-state index in [-0.39, 0.29) is 10.5 Å².